The molecule has 2 aromatic carbocycles. The monoisotopic (exact) mass is 308 g/mol. The van der Waals surface area contributed by atoms with Crippen LogP contribution in [0, 0.1) is 0 Å². The van der Waals surface area contributed by atoms with Gasteiger partial charge in [-0.15, -0.1) is 0 Å². The van der Waals surface area contributed by atoms with E-state index in [1.807, 2.05) is 42.5 Å². The van der Waals surface area contributed by atoms with Crippen LogP contribution in [0.4, 0.5) is 0 Å². The third-order valence-electron chi connectivity index (χ3n) is 4.73. The Hall–Kier alpha value is -2.55. The Balaban J connectivity index is 2.08. The number of aldehydes is 1. The van der Waals surface area contributed by atoms with E-state index >= 15 is 0 Å². The molecule has 0 aromatic heterocycles. The van der Waals surface area contributed by atoms with Crippen LogP contribution < -0.4 is 9.47 Å². The number of benzene rings is 2. The van der Waals surface area contributed by atoms with Gasteiger partial charge in [-0.05, 0) is 41.0 Å². The van der Waals surface area contributed by atoms with E-state index in [1.54, 1.807) is 14.2 Å². The van der Waals surface area contributed by atoms with Crippen molar-refractivity contribution in [1.82, 2.24) is 0 Å². The van der Waals surface area contributed by atoms with Gasteiger partial charge in [0.25, 0.3) is 0 Å². The maximum atomic E-state index is 11.9. The molecule has 0 fully saturated rings. The lowest BCUT2D eigenvalue weighted by Crippen LogP contribution is -2.32. The Labute approximate surface area is 136 Å². The molecule has 0 N–H and O–H groups in total. The number of ether oxygens (including phenoxy) is 2. The van der Waals surface area contributed by atoms with Gasteiger partial charge in [-0.25, -0.2) is 0 Å². The highest BCUT2D eigenvalue weighted by molar-refractivity contribution is 5.76. The largest absolute Gasteiger partial charge is 0.497 e. The lowest BCUT2D eigenvalue weighted by atomic mass is 9.66. The molecule has 1 aliphatic rings. The first-order valence-electron chi connectivity index (χ1n) is 7.59. The first-order chi connectivity index (χ1) is 11.1. The van der Waals surface area contributed by atoms with Crippen molar-refractivity contribution in [1.29, 1.82) is 0 Å². The molecular formula is C20H20O3. The molecule has 0 aliphatic heterocycles. The van der Waals surface area contributed by atoms with Crippen molar-refractivity contribution in [3.05, 3.63) is 65.2 Å². The maximum absolute atomic E-state index is 11.9. The maximum Gasteiger partial charge on any atom is 0.128 e. The summed E-state index contributed by atoms with van der Waals surface area (Å²) >= 11 is 0. The average Bonchev–Trinajstić information content (AvgIpc) is 2.61. The molecule has 118 valence electrons. The summed E-state index contributed by atoms with van der Waals surface area (Å²) in [6.45, 7) is 2.09. The van der Waals surface area contributed by atoms with E-state index in [4.69, 9.17) is 9.47 Å². The zero-order chi connectivity index (χ0) is 16.4. The summed E-state index contributed by atoms with van der Waals surface area (Å²) in [6, 6.07) is 13.8. The third-order valence-corrected chi connectivity index (χ3v) is 4.73. The first-order valence-corrected chi connectivity index (χ1v) is 7.59. The lowest BCUT2D eigenvalue weighted by Gasteiger charge is -2.36. The number of rotatable bonds is 4. The number of methoxy groups -OCH3 is 2. The Kier molecular flexibility index (Phi) is 3.95. The van der Waals surface area contributed by atoms with Crippen molar-refractivity contribution in [2.75, 3.05) is 14.2 Å². The molecule has 0 bridgehead atoms. The van der Waals surface area contributed by atoms with Gasteiger partial charge in [0, 0.05) is 5.41 Å². The lowest BCUT2D eigenvalue weighted by molar-refractivity contribution is -0.110. The van der Waals surface area contributed by atoms with Crippen LogP contribution in [0.25, 0.3) is 6.08 Å². The molecule has 0 spiro atoms. The minimum atomic E-state index is -0.379. The van der Waals surface area contributed by atoms with E-state index in [0.29, 0.717) is 0 Å². The number of hydrogen-bond acceptors (Lipinski definition) is 3. The van der Waals surface area contributed by atoms with Crippen molar-refractivity contribution in [2.24, 2.45) is 0 Å². The van der Waals surface area contributed by atoms with Gasteiger partial charge < -0.3 is 14.3 Å². The van der Waals surface area contributed by atoms with Gasteiger partial charge in [-0.3, -0.25) is 0 Å². The molecule has 3 nitrogen and oxygen atoms in total. The minimum Gasteiger partial charge on any atom is -0.497 e. The van der Waals surface area contributed by atoms with Crippen molar-refractivity contribution >= 4 is 12.4 Å². The van der Waals surface area contributed by atoms with Gasteiger partial charge in [0.15, 0.2) is 0 Å². The fraction of sp³-hybridized carbons (Fsp3) is 0.250. The third kappa shape index (κ3) is 2.52. The molecule has 2 unspecified atom stereocenters. The second-order valence-corrected chi connectivity index (χ2v) is 5.95. The number of carbonyl (C=O) groups excluding carboxylic acids is 1. The predicted octanol–water partition coefficient (Wildman–Crippen LogP) is 3.97. The Morgan fingerprint density at radius 3 is 2.26 bits per heavy atom. The van der Waals surface area contributed by atoms with Gasteiger partial charge in [-0.1, -0.05) is 37.3 Å². The minimum absolute atomic E-state index is 0.234. The fourth-order valence-corrected chi connectivity index (χ4v) is 3.24. The van der Waals surface area contributed by atoms with Gasteiger partial charge in [-0.2, -0.15) is 0 Å². The fourth-order valence-electron chi connectivity index (χ4n) is 3.24. The van der Waals surface area contributed by atoms with E-state index in [9.17, 15) is 4.79 Å². The van der Waals surface area contributed by atoms with E-state index in [0.717, 1.165) is 34.5 Å². The molecule has 0 saturated carbocycles. The molecule has 2 atom stereocenters. The molecule has 0 heterocycles. The summed E-state index contributed by atoms with van der Waals surface area (Å²) in [7, 11) is 3.29. The summed E-state index contributed by atoms with van der Waals surface area (Å²) < 4.78 is 10.5. The van der Waals surface area contributed by atoms with Crippen LogP contribution in [0.2, 0.25) is 0 Å². The van der Waals surface area contributed by atoms with Crippen LogP contribution in [-0.4, -0.2) is 20.5 Å². The molecule has 0 radical (unpaired) electrons. The van der Waals surface area contributed by atoms with E-state index in [-0.39, 0.29) is 11.3 Å². The zero-order valence-electron chi connectivity index (χ0n) is 13.6. The van der Waals surface area contributed by atoms with Crippen molar-refractivity contribution in [3.8, 4) is 11.5 Å². The first kappa shape index (κ1) is 15.3. The number of fused-ring (bicyclic) bond motifs is 1. The number of hydrogen-bond donors (Lipinski definition) is 0. The molecule has 23 heavy (non-hydrogen) atoms. The summed E-state index contributed by atoms with van der Waals surface area (Å²) in [4.78, 5) is 11.9. The van der Waals surface area contributed by atoms with Gasteiger partial charge in [0.2, 0.25) is 0 Å². The van der Waals surface area contributed by atoms with Crippen LogP contribution in [0.3, 0.4) is 0 Å². The second kappa shape index (κ2) is 5.92. The quantitative estimate of drug-likeness (QED) is 0.802. The molecule has 2 aromatic rings. The molecule has 0 saturated heterocycles. The van der Waals surface area contributed by atoms with E-state index in [2.05, 4.69) is 19.1 Å². The highest BCUT2D eigenvalue weighted by Gasteiger charge is 2.38. The standard InChI is InChI=1S/C20H20O3/c1-20(15-4-6-16(22-2)7-5-15)11-10-14-12-17(23-3)8-9-18(14)19(20)13-21/h4-13,19H,1-3H3. The van der Waals surface area contributed by atoms with Gasteiger partial charge in [0.05, 0.1) is 20.1 Å². The zero-order valence-corrected chi connectivity index (χ0v) is 13.6. The van der Waals surface area contributed by atoms with Crippen molar-refractivity contribution in [3.63, 3.8) is 0 Å². The number of allylic oxidation sites excluding steroid dienone is 1. The van der Waals surface area contributed by atoms with Crippen LogP contribution in [0.5, 0.6) is 11.5 Å². The van der Waals surface area contributed by atoms with Crippen LogP contribution in [0.15, 0.2) is 48.5 Å². The number of carbonyl (C=O) groups is 1. The molecule has 3 rings (SSSR count). The topological polar surface area (TPSA) is 35.5 Å². The Bertz CT molecular complexity index is 746. The molecule has 3 heteroatoms. The van der Waals surface area contributed by atoms with E-state index in [1.165, 1.54) is 0 Å². The highest BCUT2D eigenvalue weighted by Crippen LogP contribution is 2.45. The smallest absolute Gasteiger partial charge is 0.128 e. The Morgan fingerprint density at radius 2 is 1.65 bits per heavy atom. The van der Waals surface area contributed by atoms with Crippen LogP contribution >= 0.6 is 0 Å². The average molecular weight is 308 g/mol. The normalized spacial score (nSPS) is 22.3. The SMILES string of the molecule is COc1ccc(C2(C)C=Cc3cc(OC)ccc3C2C=O)cc1. The Morgan fingerprint density at radius 1 is 1.00 bits per heavy atom. The second-order valence-electron chi connectivity index (χ2n) is 5.95. The van der Waals surface area contributed by atoms with Crippen LogP contribution in [0.1, 0.15) is 29.5 Å². The highest BCUT2D eigenvalue weighted by atomic mass is 16.5. The summed E-state index contributed by atoms with van der Waals surface area (Å²) in [6.07, 6.45) is 5.22. The summed E-state index contributed by atoms with van der Waals surface area (Å²) in [5.41, 5.74) is 2.78. The summed E-state index contributed by atoms with van der Waals surface area (Å²) in [5.74, 6) is 1.37. The van der Waals surface area contributed by atoms with Crippen molar-refractivity contribution < 1.29 is 14.3 Å². The van der Waals surface area contributed by atoms with Crippen molar-refractivity contribution in [2.45, 2.75) is 18.3 Å². The summed E-state index contributed by atoms with van der Waals surface area (Å²) in [5, 5.41) is 0. The molecule has 0 amide bonds. The van der Waals surface area contributed by atoms with Crippen LogP contribution in [-0.2, 0) is 10.2 Å². The van der Waals surface area contributed by atoms with Gasteiger partial charge in [0.1, 0.15) is 17.8 Å². The predicted molar refractivity (Wildman–Crippen MR) is 91.2 cm³/mol. The molecular weight excluding hydrogens is 288 g/mol. The molecule has 1 aliphatic carbocycles. The van der Waals surface area contributed by atoms with E-state index < -0.39 is 0 Å². The van der Waals surface area contributed by atoms with Gasteiger partial charge >= 0.3 is 0 Å².